The number of carbonyl (C=O) groups is 2. The van der Waals surface area contributed by atoms with Gasteiger partial charge in [-0.3, -0.25) is 4.79 Å². The number of piperidine rings is 1. The first-order valence-corrected chi connectivity index (χ1v) is 6.61. The summed E-state index contributed by atoms with van der Waals surface area (Å²) in [4.78, 5) is 24.5. The molecule has 0 radical (unpaired) electrons. The number of ether oxygens (including phenoxy) is 1. The van der Waals surface area contributed by atoms with E-state index in [0.29, 0.717) is 5.75 Å². The number of anilines is 1. The number of nitrogen functional groups attached to an aromatic ring is 1. The molecule has 1 aliphatic heterocycles. The number of likely N-dealkylation sites (tertiary alicyclic amines) is 1. The second kappa shape index (κ2) is 6.27. The normalized spacial score (nSPS) is 14.9. The number of rotatable bonds is 4. The van der Waals surface area contributed by atoms with Gasteiger partial charge in [0.25, 0.3) is 5.91 Å². The summed E-state index contributed by atoms with van der Waals surface area (Å²) >= 11 is 0. The maximum Gasteiger partial charge on any atom is 0.335 e. The van der Waals surface area contributed by atoms with Gasteiger partial charge in [-0.15, -0.1) is 0 Å². The van der Waals surface area contributed by atoms with Gasteiger partial charge in [-0.05, 0) is 37.5 Å². The summed E-state index contributed by atoms with van der Waals surface area (Å²) < 4.78 is 5.38. The zero-order valence-corrected chi connectivity index (χ0v) is 11.2. The first kappa shape index (κ1) is 14.2. The fraction of sp³-hybridized carbons (Fsp3) is 0.429. The molecule has 108 valence electrons. The lowest BCUT2D eigenvalue weighted by atomic mass is 10.1. The fourth-order valence-corrected chi connectivity index (χ4v) is 2.19. The zero-order valence-electron chi connectivity index (χ0n) is 11.2. The Hall–Kier alpha value is -2.24. The van der Waals surface area contributed by atoms with Gasteiger partial charge < -0.3 is 20.5 Å². The van der Waals surface area contributed by atoms with Crippen LogP contribution in [0.2, 0.25) is 0 Å². The summed E-state index contributed by atoms with van der Waals surface area (Å²) in [5.41, 5.74) is 6.02. The van der Waals surface area contributed by atoms with Crippen LogP contribution < -0.4 is 10.5 Å². The Labute approximate surface area is 117 Å². The van der Waals surface area contributed by atoms with E-state index in [4.69, 9.17) is 15.6 Å². The van der Waals surface area contributed by atoms with Crippen LogP contribution in [0.15, 0.2) is 18.2 Å². The Morgan fingerprint density at radius 3 is 2.55 bits per heavy atom. The maximum absolute atomic E-state index is 11.9. The van der Waals surface area contributed by atoms with Crippen LogP contribution in [0.5, 0.6) is 5.75 Å². The topological polar surface area (TPSA) is 92.9 Å². The number of amides is 1. The van der Waals surface area contributed by atoms with Crippen molar-refractivity contribution < 1.29 is 19.4 Å². The van der Waals surface area contributed by atoms with Crippen molar-refractivity contribution >= 4 is 17.6 Å². The second-order valence-electron chi connectivity index (χ2n) is 4.79. The highest BCUT2D eigenvalue weighted by molar-refractivity contribution is 5.89. The average molecular weight is 278 g/mol. The van der Waals surface area contributed by atoms with Crippen molar-refractivity contribution in [3.8, 4) is 5.75 Å². The number of carboxylic acids is 1. The molecule has 0 atom stereocenters. The number of benzene rings is 1. The third-order valence-electron chi connectivity index (χ3n) is 3.32. The lowest BCUT2D eigenvalue weighted by Gasteiger charge is -2.26. The van der Waals surface area contributed by atoms with Gasteiger partial charge in [-0.25, -0.2) is 4.79 Å². The van der Waals surface area contributed by atoms with Crippen molar-refractivity contribution in [1.82, 2.24) is 4.90 Å². The molecular weight excluding hydrogens is 260 g/mol. The maximum atomic E-state index is 11.9. The van der Waals surface area contributed by atoms with Gasteiger partial charge in [0.05, 0.1) is 11.3 Å². The Morgan fingerprint density at radius 2 is 1.95 bits per heavy atom. The minimum atomic E-state index is -1.05. The Morgan fingerprint density at radius 1 is 1.25 bits per heavy atom. The first-order valence-electron chi connectivity index (χ1n) is 6.61. The highest BCUT2D eigenvalue weighted by Gasteiger charge is 2.17. The van der Waals surface area contributed by atoms with Crippen molar-refractivity contribution in [2.75, 3.05) is 25.4 Å². The molecule has 6 heteroatoms. The predicted octanol–water partition coefficient (Wildman–Crippen LogP) is 1.36. The quantitative estimate of drug-likeness (QED) is 0.811. The van der Waals surface area contributed by atoms with Gasteiger partial charge in [0.15, 0.2) is 6.61 Å². The molecule has 1 aliphatic rings. The van der Waals surface area contributed by atoms with Crippen molar-refractivity contribution in [1.29, 1.82) is 0 Å². The van der Waals surface area contributed by atoms with Crippen LogP contribution in [-0.4, -0.2) is 41.6 Å². The molecule has 0 aromatic heterocycles. The minimum Gasteiger partial charge on any atom is -0.482 e. The molecule has 3 N–H and O–H groups in total. The van der Waals surface area contributed by atoms with Crippen LogP contribution in [0.25, 0.3) is 0 Å². The summed E-state index contributed by atoms with van der Waals surface area (Å²) in [5.74, 6) is -0.778. The van der Waals surface area contributed by atoms with E-state index in [0.717, 1.165) is 32.4 Å². The van der Waals surface area contributed by atoms with E-state index in [9.17, 15) is 9.59 Å². The molecule has 0 aliphatic carbocycles. The van der Waals surface area contributed by atoms with Gasteiger partial charge in [-0.2, -0.15) is 0 Å². The smallest absolute Gasteiger partial charge is 0.335 e. The Balaban J connectivity index is 1.93. The third-order valence-corrected chi connectivity index (χ3v) is 3.32. The number of nitrogens with zero attached hydrogens (tertiary/aromatic N) is 1. The van der Waals surface area contributed by atoms with E-state index in [-0.39, 0.29) is 23.8 Å². The van der Waals surface area contributed by atoms with Crippen LogP contribution in [-0.2, 0) is 4.79 Å². The summed E-state index contributed by atoms with van der Waals surface area (Å²) in [6, 6.07) is 4.20. The van der Waals surface area contributed by atoms with Gasteiger partial charge in [-0.1, -0.05) is 0 Å². The minimum absolute atomic E-state index is 0.0635. The molecule has 1 amide bonds. The molecule has 1 aromatic rings. The summed E-state index contributed by atoms with van der Waals surface area (Å²) in [6.07, 6.45) is 3.22. The molecule has 1 fully saturated rings. The van der Waals surface area contributed by atoms with E-state index in [1.54, 1.807) is 4.90 Å². The molecule has 0 spiro atoms. The average Bonchev–Trinajstić information content (AvgIpc) is 2.46. The molecule has 6 nitrogen and oxygen atoms in total. The summed E-state index contributed by atoms with van der Waals surface area (Å²) in [7, 11) is 0. The number of carbonyl (C=O) groups excluding carboxylic acids is 1. The number of aromatic carboxylic acids is 1. The van der Waals surface area contributed by atoms with Crippen LogP contribution in [0.3, 0.4) is 0 Å². The Bertz CT molecular complexity index is 510. The standard InChI is InChI=1S/C14H18N2O4/c15-11-8-10(14(18)19)4-5-12(11)20-9-13(17)16-6-2-1-3-7-16/h4-5,8H,1-3,6-7,9,15H2,(H,18,19). The van der Waals surface area contributed by atoms with Gasteiger partial charge in [0, 0.05) is 13.1 Å². The lowest BCUT2D eigenvalue weighted by Crippen LogP contribution is -2.38. The molecule has 2 rings (SSSR count). The largest absolute Gasteiger partial charge is 0.482 e. The van der Waals surface area contributed by atoms with Crippen molar-refractivity contribution in [2.24, 2.45) is 0 Å². The predicted molar refractivity (Wildman–Crippen MR) is 73.7 cm³/mol. The van der Waals surface area contributed by atoms with E-state index < -0.39 is 5.97 Å². The Kier molecular flexibility index (Phi) is 4.45. The van der Waals surface area contributed by atoms with Crippen LogP contribution in [0.4, 0.5) is 5.69 Å². The van der Waals surface area contributed by atoms with Crippen LogP contribution >= 0.6 is 0 Å². The van der Waals surface area contributed by atoms with E-state index in [2.05, 4.69) is 0 Å². The van der Waals surface area contributed by atoms with Gasteiger partial charge in [0.1, 0.15) is 5.75 Å². The van der Waals surface area contributed by atoms with Crippen LogP contribution in [0, 0.1) is 0 Å². The molecule has 1 saturated heterocycles. The van der Waals surface area contributed by atoms with E-state index >= 15 is 0 Å². The summed E-state index contributed by atoms with van der Waals surface area (Å²) in [5, 5.41) is 8.83. The van der Waals surface area contributed by atoms with Crippen molar-refractivity contribution in [3.63, 3.8) is 0 Å². The molecule has 1 aromatic carbocycles. The third kappa shape index (κ3) is 3.40. The van der Waals surface area contributed by atoms with Crippen molar-refractivity contribution in [2.45, 2.75) is 19.3 Å². The second-order valence-corrected chi connectivity index (χ2v) is 4.79. The monoisotopic (exact) mass is 278 g/mol. The molecule has 0 unspecified atom stereocenters. The molecule has 0 saturated carbocycles. The highest BCUT2D eigenvalue weighted by atomic mass is 16.5. The molecule has 0 bridgehead atoms. The van der Waals surface area contributed by atoms with E-state index in [1.807, 2.05) is 0 Å². The molecular formula is C14H18N2O4. The van der Waals surface area contributed by atoms with Crippen molar-refractivity contribution in [3.05, 3.63) is 23.8 Å². The number of hydrogen-bond acceptors (Lipinski definition) is 4. The summed E-state index contributed by atoms with van der Waals surface area (Å²) in [6.45, 7) is 1.47. The lowest BCUT2D eigenvalue weighted by molar-refractivity contribution is -0.134. The molecule has 20 heavy (non-hydrogen) atoms. The fourth-order valence-electron chi connectivity index (χ4n) is 2.19. The van der Waals surface area contributed by atoms with Gasteiger partial charge in [0.2, 0.25) is 0 Å². The molecule has 1 heterocycles. The number of hydrogen-bond donors (Lipinski definition) is 2. The van der Waals surface area contributed by atoms with E-state index in [1.165, 1.54) is 18.2 Å². The SMILES string of the molecule is Nc1cc(C(=O)O)ccc1OCC(=O)N1CCCCC1. The number of nitrogens with two attached hydrogens (primary N) is 1. The first-order chi connectivity index (χ1) is 9.58. The van der Waals surface area contributed by atoms with Crippen LogP contribution in [0.1, 0.15) is 29.6 Å². The number of carboxylic acid groups (broad SMARTS) is 1. The zero-order chi connectivity index (χ0) is 14.5. The van der Waals surface area contributed by atoms with Gasteiger partial charge >= 0.3 is 5.97 Å². The highest BCUT2D eigenvalue weighted by Crippen LogP contribution is 2.22.